The number of amides is 2. The molecule has 3 heterocycles. The fourth-order valence-electron chi connectivity index (χ4n) is 6.06. The van der Waals surface area contributed by atoms with Crippen LogP contribution in [-0.2, 0) is 35.5 Å². The van der Waals surface area contributed by atoms with Gasteiger partial charge >= 0.3 is 0 Å². The second-order valence-corrected chi connectivity index (χ2v) is 12.6. The summed E-state index contributed by atoms with van der Waals surface area (Å²) in [5.41, 5.74) is 7.71. The number of furan rings is 1. The summed E-state index contributed by atoms with van der Waals surface area (Å²) in [6.07, 6.45) is 5.36. The van der Waals surface area contributed by atoms with Gasteiger partial charge in [-0.05, 0) is 41.0 Å². The molecule has 9 heteroatoms. The number of carbonyl (C=O) groups is 2. The van der Waals surface area contributed by atoms with Gasteiger partial charge in [0.05, 0.1) is 24.1 Å². The summed E-state index contributed by atoms with van der Waals surface area (Å²) in [6.45, 7) is 2.02. The quantitative estimate of drug-likeness (QED) is 0.121. The standard InChI is InChI=1S/C43H39N5O4/c1-2-40(49)46-37(26-31-15-8-4-9-16-31)42(50)44-34-22-20-32(21-23-34)29-52-43-38(27-35-19-12-24-51-35)47-41-36(25-30-13-6-3-7-14-30)45-39(28-48(41)43)33-17-10-5-11-18-33/h3-24,28,37H,2,25-27,29H2,1H3,(H,44,50)(H,46,49). The molecular weight excluding hydrogens is 651 g/mol. The van der Waals surface area contributed by atoms with Gasteiger partial charge in [0.15, 0.2) is 5.65 Å². The first-order valence-corrected chi connectivity index (χ1v) is 17.4. The van der Waals surface area contributed by atoms with Crippen molar-refractivity contribution in [2.75, 3.05) is 5.32 Å². The van der Waals surface area contributed by atoms with Gasteiger partial charge in [0.2, 0.25) is 17.7 Å². The first kappa shape index (κ1) is 34.0. The lowest BCUT2D eigenvalue weighted by atomic mass is 10.0. The summed E-state index contributed by atoms with van der Waals surface area (Å²) in [5.74, 6) is 0.918. The molecule has 0 fully saturated rings. The third kappa shape index (κ3) is 8.27. The van der Waals surface area contributed by atoms with Crippen LogP contribution < -0.4 is 15.4 Å². The number of fused-ring (bicyclic) bond motifs is 1. The van der Waals surface area contributed by atoms with Gasteiger partial charge in [0.1, 0.15) is 24.1 Å². The van der Waals surface area contributed by atoms with Crippen molar-refractivity contribution in [2.24, 2.45) is 0 Å². The number of hydrogen-bond donors (Lipinski definition) is 2. The number of anilines is 1. The first-order valence-electron chi connectivity index (χ1n) is 17.4. The second-order valence-electron chi connectivity index (χ2n) is 12.6. The Morgan fingerprint density at radius 2 is 1.44 bits per heavy atom. The molecule has 0 radical (unpaired) electrons. The molecule has 7 aromatic rings. The van der Waals surface area contributed by atoms with Crippen LogP contribution in [0.5, 0.6) is 5.88 Å². The Hall–Kier alpha value is -6.48. The minimum absolute atomic E-state index is 0.179. The first-order chi connectivity index (χ1) is 25.5. The Bertz CT molecular complexity index is 2230. The van der Waals surface area contributed by atoms with Gasteiger partial charge in [-0.3, -0.25) is 14.0 Å². The second kappa shape index (κ2) is 16.0. The summed E-state index contributed by atoms with van der Waals surface area (Å²) in [7, 11) is 0. The van der Waals surface area contributed by atoms with E-state index in [1.54, 1.807) is 13.2 Å². The number of carbonyl (C=O) groups excluding carboxylic acids is 2. The smallest absolute Gasteiger partial charge is 0.247 e. The molecule has 0 saturated heterocycles. The van der Waals surface area contributed by atoms with Gasteiger partial charge in [0, 0.05) is 36.7 Å². The average molecular weight is 690 g/mol. The number of ether oxygens (including phenoxy) is 1. The Morgan fingerprint density at radius 1 is 0.750 bits per heavy atom. The minimum atomic E-state index is -0.706. The van der Waals surface area contributed by atoms with Crippen molar-refractivity contribution in [3.05, 3.63) is 174 Å². The number of aromatic nitrogens is 3. The topological polar surface area (TPSA) is 111 Å². The number of rotatable bonds is 14. The van der Waals surface area contributed by atoms with E-state index in [-0.39, 0.29) is 18.4 Å². The molecule has 3 aromatic heterocycles. The maximum atomic E-state index is 13.3. The molecule has 0 aliphatic carbocycles. The van der Waals surface area contributed by atoms with E-state index >= 15 is 0 Å². The highest BCUT2D eigenvalue weighted by molar-refractivity contribution is 5.97. The van der Waals surface area contributed by atoms with E-state index < -0.39 is 6.04 Å². The lowest BCUT2D eigenvalue weighted by Gasteiger charge is -2.18. The van der Waals surface area contributed by atoms with E-state index in [2.05, 4.69) is 22.8 Å². The summed E-state index contributed by atoms with van der Waals surface area (Å²) < 4.78 is 14.3. The SMILES string of the molecule is CCC(=O)NC(Cc1ccccc1)C(=O)Nc1ccc(COc2c(Cc3ccco3)nc3c(Cc4ccccc4)nc(-c4ccccc4)cn23)cc1. The van der Waals surface area contributed by atoms with Crippen LogP contribution in [0.15, 0.2) is 144 Å². The van der Waals surface area contributed by atoms with Gasteiger partial charge in [0.25, 0.3) is 0 Å². The van der Waals surface area contributed by atoms with Crippen molar-refractivity contribution in [1.82, 2.24) is 19.7 Å². The van der Waals surface area contributed by atoms with Gasteiger partial charge in [-0.2, -0.15) is 0 Å². The number of benzene rings is 4. The highest BCUT2D eigenvalue weighted by Gasteiger charge is 2.22. The van der Waals surface area contributed by atoms with E-state index in [0.717, 1.165) is 50.7 Å². The highest BCUT2D eigenvalue weighted by atomic mass is 16.5. The molecule has 1 unspecified atom stereocenters. The zero-order valence-corrected chi connectivity index (χ0v) is 28.9. The fraction of sp³-hybridized carbons (Fsp3) is 0.163. The Labute approximate surface area is 302 Å². The van der Waals surface area contributed by atoms with E-state index in [0.29, 0.717) is 37.3 Å². The van der Waals surface area contributed by atoms with Crippen LogP contribution in [-0.4, -0.2) is 32.2 Å². The maximum absolute atomic E-state index is 13.3. The number of nitrogens with one attached hydrogen (secondary N) is 2. The fourth-order valence-corrected chi connectivity index (χ4v) is 6.06. The molecule has 2 N–H and O–H groups in total. The molecular formula is C43H39N5O4. The molecule has 52 heavy (non-hydrogen) atoms. The van der Waals surface area contributed by atoms with E-state index in [1.807, 2.05) is 126 Å². The van der Waals surface area contributed by atoms with Crippen LogP contribution in [0, 0.1) is 0 Å². The lowest BCUT2D eigenvalue weighted by molar-refractivity contribution is -0.126. The summed E-state index contributed by atoms with van der Waals surface area (Å²) in [4.78, 5) is 35.8. The van der Waals surface area contributed by atoms with E-state index in [4.69, 9.17) is 19.1 Å². The largest absolute Gasteiger partial charge is 0.472 e. The molecule has 9 nitrogen and oxygen atoms in total. The number of hydrogen-bond acceptors (Lipinski definition) is 6. The molecule has 1 atom stereocenters. The predicted octanol–water partition coefficient (Wildman–Crippen LogP) is 7.83. The summed E-state index contributed by atoms with van der Waals surface area (Å²) in [5, 5.41) is 5.83. The minimum Gasteiger partial charge on any atom is -0.472 e. The maximum Gasteiger partial charge on any atom is 0.247 e. The molecule has 7 rings (SSSR count). The van der Waals surface area contributed by atoms with Crippen molar-refractivity contribution in [3.8, 4) is 17.1 Å². The van der Waals surface area contributed by atoms with Gasteiger partial charge in [-0.15, -0.1) is 0 Å². The number of nitrogens with zero attached hydrogens (tertiary/aromatic N) is 3. The molecule has 260 valence electrons. The zero-order chi connectivity index (χ0) is 35.7. The molecule has 0 bridgehead atoms. The number of imidazole rings is 1. The zero-order valence-electron chi connectivity index (χ0n) is 28.9. The van der Waals surface area contributed by atoms with Gasteiger partial charge in [-0.25, -0.2) is 9.97 Å². The van der Waals surface area contributed by atoms with Crippen molar-refractivity contribution < 1.29 is 18.7 Å². The molecule has 0 aliphatic heterocycles. The van der Waals surface area contributed by atoms with Crippen LogP contribution in [0.25, 0.3) is 16.9 Å². The molecule has 0 saturated carbocycles. The van der Waals surface area contributed by atoms with Crippen molar-refractivity contribution in [1.29, 1.82) is 0 Å². The highest BCUT2D eigenvalue weighted by Crippen LogP contribution is 2.30. The summed E-state index contributed by atoms with van der Waals surface area (Å²) in [6, 6.07) is 40.6. The van der Waals surface area contributed by atoms with Crippen molar-refractivity contribution in [3.63, 3.8) is 0 Å². The van der Waals surface area contributed by atoms with Gasteiger partial charge in [-0.1, -0.05) is 110 Å². The van der Waals surface area contributed by atoms with Crippen LogP contribution in [0.4, 0.5) is 5.69 Å². The summed E-state index contributed by atoms with van der Waals surface area (Å²) >= 11 is 0. The van der Waals surface area contributed by atoms with Crippen molar-refractivity contribution in [2.45, 2.75) is 45.3 Å². The Kier molecular flexibility index (Phi) is 10.5. The lowest BCUT2D eigenvalue weighted by Crippen LogP contribution is -2.45. The predicted molar refractivity (Wildman–Crippen MR) is 201 cm³/mol. The molecule has 0 aliphatic rings. The van der Waals surface area contributed by atoms with Crippen LogP contribution in [0.2, 0.25) is 0 Å². The average Bonchev–Trinajstić information content (AvgIpc) is 3.83. The third-order valence-electron chi connectivity index (χ3n) is 8.76. The van der Waals surface area contributed by atoms with Crippen LogP contribution in [0.3, 0.4) is 0 Å². The van der Waals surface area contributed by atoms with E-state index in [1.165, 1.54) is 0 Å². The Balaban J connectivity index is 1.15. The molecule has 0 spiro atoms. The Morgan fingerprint density at radius 3 is 2.12 bits per heavy atom. The molecule has 2 amide bonds. The normalized spacial score (nSPS) is 11.6. The molecule has 4 aromatic carbocycles. The monoisotopic (exact) mass is 689 g/mol. The third-order valence-corrected chi connectivity index (χ3v) is 8.76. The van der Waals surface area contributed by atoms with Crippen LogP contribution >= 0.6 is 0 Å². The van der Waals surface area contributed by atoms with Gasteiger partial charge < -0.3 is 19.8 Å². The van der Waals surface area contributed by atoms with E-state index in [9.17, 15) is 9.59 Å². The van der Waals surface area contributed by atoms with Crippen molar-refractivity contribution >= 4 is 23.1 Å². The van der Waals surface area contributed by atoms with Crippen LogP contribution in [0.1, 0.15) is 47.2 Å².